The van der Waals surface area contributed by atoms with E-state index in [1.54, 1.807) is 6.07 Å². The van der Waals surface area contributed by atoms with Crippen LogP contribution in [-0.4, -0.2) is 24.7 Å². The van der Waals surface area contributed by atoms with Crippen molar-refractivity contribution in [3.63, 3.8) is 0 Å². The van der Waals surface area contributed by atoms with E-state index in [-0.39, 0.29) is 16.4 Å². The summed E-state index contributed by atoms with van der Waals surface area (Å²) in [4.78, 5) is 2.38. The fourth-order valence-electron chi connectivity index (χ4n) is 3.59. The van der Waals surface area contributed by atoms with Crippen LogP contribution in [0.3, 0.4) is 0 Å². The summed E-state index contributed by atoms with van der Waals surface area (Å²) >= 11 is 5.94. The van der Waals surface area contributed by atoms with Crippen molar-refractivity contribution >= 4 is 17.3 Å². The van der Waals surface area contributed by atoms with E-state index in [1.807, 2.05) is 6.07 Å². The third-order valence-corrected chi connectivity index (χ3v) is 5.11. The molecule has 20 heavy (non-hydrogen) atoms. The van der Waals surface area contributed by atoms with E-state index in [9.17, 15) is 4.39 Å². The quantitative estimate of drug-likeness (QED) is 0.843. The molecular formula is C16H22ClFN2. The molecule has 1 saturated carbocycles. The predicted molar refractivity (Wildman–Crippen MR) is 82.0 cm³/mol. The molecule has 1 aliphatic carbocycles. The van der Waals surface area contributed by atoms with Crippen LogP contribution in [-0.2, 0) is 0 Å². The standard InChI is InChI=1S/C16H22ClFN2/c1-12-10-19-16(7-3-2-4-8-16)11-20(12)13-5-6-15(18)14(17)9-13/h5-6,9,12,19H,2-4,7-8,10-11H2,1H3. The minimum Gasteiger partial charge on any atom is -0.366 e. The number of hydrogen-bond acceptors (Lipinski definition) is 2. The van der Waals surface area contributed by atoms with Gasteiger partial charge in [-0.3, -0.25) is 0 Å². The molecule has 4 heteroatoms. The third-order valence-electron chi connectivity index (χ3n) is 4.82. The van der Waals surface area contributed by atoms with Crippen molar-refractivity contribution in [2.45, 2.75) is 50.6 Å². The highest BCUT2D eigenvalue weighted by molar-refractivity contribution is 6.31. The molecule has 1 spiro atoms. The molecule has 3 rings (SSSR count). The molecule has 1 saturated heterocycles. The molecule has 0 amide bonds. The van der Waals surface area contributed by atoms with Gasteiger partial charge in [0.2, 0.25) is 0 Å². The molecule has 110 valence electrons. The van der Waals surface area contributed by atoms with Gasteiger partial charge in [0, 0.05) is 30.4 Å². The SMILES string of the molecule is CC1CNC2(CCCCC2)CN1c1ccc(F)c(Cl)c1. The van der Waals surface area contributed by atoms with E-state index >= 15 is 0 Å². The molecule has 2 aliphatic rings. The van der Waals surface area contributed by atoms with Gasteiger partial charge >= 0.3 is 0 Å². The lowest BCUT2D eigenvalue weighted by Gasteiger charge is -2.50. The van der Waals surface area contributed by atoms with Crippen LogP contribution in [0.2, 0.25) is 5.02 Å². The topological polar surface area (TPSA) is 15.3 Å². The van der Waals surface area contributed by atoms with E-state index in [1.165, 1.54) is 38.2 Å². The molecule has 0 radical (unpaired) electrons. The molecular weight excluding hydrogens is 275 g/mol. The summed E-state index contributed by atoms with van der Waals surface area (Å²) in [7, 11) is 0. The van der Waals surface area contributed by atoms with Gasteiger partial charge in [-0.25, -0.2) is 4.39 Å². The zero-order chi connectivity index (χ0) is 14.2. The first-order valence-electron chi connectivity index (χ1n) is 7.56. The Morgan fingerprint density at radius 3 is 2.75 bits per heavy atom. The molecule has 1 aromatic rings. The second-order valence-corrected chi connectivity index (χ2v) is 6.70. The minimum absolute atomic E-state index is 0.214. The Morgan fingerprint density at radius 1 is 1.30 bits per heavy atom. The average Bonchev–Trinajstić information content (AvgIpc) is 2.46. The van der Waals surface area contributed by atoms with Crippen molar-refractivity contribution in [1.29, 1.82) is 0 Å². The molecule has 2 fully saturated rings. The largest absolute Gasteiger partial charge is 0.366 e. The van der Waals surface area contributed by atoms with E-state index < -0.39 is 0 Å². The van der Waals surface area contributed by atoms with Crippen LogP contribution in [0.1, 0.15) is 39.0 Å². The summed E-state index contributed by atoms with van der Waals surface area (Å²) < 4.78 is 13.3. The average molecular weight is 297 g/mol. The number of rotatable bonds is 1. The lowest BCUT2D eigenvalue weighted by atomic mass is 9.79. The number of nitrogens with one attached hydrogen (secondary N) is 1. The fourth-order valence-corrected chi connectivity index (χ4v) is 3.76. The molecule has 1 heterocycles. The second kappa shape index (κ2) is 5.53. The minimum atomic E-state index is -0.342. The number of anilines is 1. The van der Waals surface area contributed by atoms with Crippen LogP contribution in [0.4, 0.5) is 10.1 Å². The van der Waals surface area contributed by atoms with Crippen LogP contribution in [0, 0.1) is 5.82 Å². The Balaban J connectivity index is 1.84. The monoisotopic (exact) mass is 296 g/mol. The maximum atomic E-state index is 13.3. The van der Waals surface area contributed by atoms with Gasteiger partial charge in [-0.15, -0.1) is 0 Å². The van der Waals surface area contributed by atoms with Crippen LogP contribution in [0.25, 0.3) is 0 Å². The summed E-state index contributed by atoms with van der Waals surface area (Å²) in [6.45, 7) is 4.19. The predicted octanol–water partition coefficient (Wildman–Crippen LogP) is 3.98. The van der Waals surface area contributed by atoms with Gasteiger partial charge < -0.3 is 10.2 Å². The van der Waals surface area contributed by atoms with Gasteiger partial charge in [0.15, 0.2) is 0 Å². The number of piperazine rings is 1. The second-order valence-electron chi connectivity index (χ2n) is 6.30. The van der Waals surface area contributed by atoms with Crippen molar-refractivity contribution < 1.29 is 4.39 Å². The molecule has 1 unspecified atom stereocenters. The number of benzene rings is 1. The first-order valence-corrected chi connectivity index (χ1v) is 7.94. The zero-order valence-corrected chi connectivity index (χ0v) is 12.7. The Bertz CT molecular complexity index is 485. The molecule has 0 bridgehead atoms. The van der Waals surface area contributed by atoms with Crippen LogP contribution in [0.15, 0.2) is 18.2 Å². The Hall–Kier alpha value is -0.800. The van der Waals surface area contributed by atoms with Gasteiger partial charge in [-0.05, 0) is 38.0 Å². The maximum absolute atomic E-state index is 13.3. The summed E-state index contributed by atoms with van der Waals surface area (Å²) in [5.41, 5.74) is 1.28. The summed E-state index contributed by atoms with van der Waals surface area (Å²) in [6.07, 6.45) is 6.44. The first kappa shape index (κ1) is 14.2. The highest BCUT2D eigenvalue weighted by Gasteiger charge is 2.38. The van der Waals surface area contributed by atoms with Gasteiger partial charge in [0.05, 0.1) is 5.02 Å². The van der Waals surface area contributed by atoms with Crippen molar-refractivity contribution in [3.8, 4) is 0 Å². The van der Waals surface area contributed by atoms with E-state index in [2.05, 4.69) is 17.1 Å². The zero-order valence-electron chi connectivity index (χ0n) is 12.0. The van der Waals surface area contributed by atoms with Crippen molar-refractivity contribution in [3.05, 3.63) is 29.0 Å². The van der Waals surface area contributed by atoms with Gasteiger partial charge in [0.1, 0.15) is 5.82 Å². The Labute approximate surface area is 125 Å². The first-order chi connectivity index (χ1) is 9.60. The summed E-state index contributed by atoms with van der Waals surface area (Å²) in [5.74, 6) is -0.342. The molecule has 1 aromatic carbocycles. The molecule has 0 aromatic heterocycles. The van der Waals surface area contributed by atoms with Gasteiger partial charge in [-0.2, -0.15) is 0 Å². The van der Waals surface area contributed by atoms with E-state index in [0.29, 0.717) is 6.04 Å². The Kier molecular flexibility index (Phi) is 3.91. The lowest BCUT2D eigenvalue weighted by molar-refractivity contribution is 0.200. The molecule has 1 N–H and O–H groups in total. The van der Waals surface area contributed by atoms with Crippen LogP contribution in [0.5, 0.6) is 0 Å². The number of halogens is 2. The van der Waals surface area contributed by atoms with Gasteiger partial charge in [-0.1, -0.05) is 30.9 Å². The number of nitrogens with zero attached hydrogens (tertiary/aromatic N) is 1. The van der Waals surface area contributed by atoms with Crippen LogP contribution < -0.4 is 10.2 Å². The van der Waals surface area contributed by atoms with E-state index in [0.717, 1.165) is 18.8 Å². The molecule has 2 nitrogen and oxygen atoms in total. The molecule has 1 atom stereocenters. The van der Waals surface area contributed by atoms with Crippen LogP contribution >= 0.6 is 11.6 Å². The smallest absolute Gasteiger partial charge is 0.141 e. The highest BCUT2D eigenvalue weighted by Crippen LogP contribution is 2.34. The van der Waals surface area contributed by atoms with Crippen molar-refractivity contribution in [2.24, 2.45) is 0 Å². The number of hydrogen-bond donors (Lipinski definition) is 1. The van der Waals surface area contributed by atoms with Crippen molar-refractivity contribution in [1.82, 2.24) is 5.32 Å². The third kappa shape index (κ3) is 2.66. The summed E-state index contributed by atoms with van der Waals surface area (Å²) in [5, 5.41) is 3.98. The highest BCUT2D eigenvalue weighted by atomic mass is 35.5. The molecule has 1 aliphatic heterocycles. The van der Waals surface area contributed by atoms with Gasteiger partial charge in [0.25, 0.3) is 0 Å². The lowest BCUT2D eigenvalue weighted by Crippen LogP contribution is -2.64. The fraction of sp³-hybridized carbons (Fsp3) is 0.625. The van der Waals surface area contributed by atoms with Crippen molar-refractivity contribution in [2.75, 3.05) is 18.0 Å². The Morgan fingerprint density at radius 2 is 2.05 bits per heavy atom. The summed E-state index contributed by atoms with van der Waals surface area (Å²) in [6, 6.07) is 5.48. The normalized spacial score (nSPS) is 25.9. The van der Waals surface area contributed by atoms with E-state index in [4.69, 9.17) is 11.6 Å². The maximum Gasteiger partial charge on any atom is 0.141 e.